The van der Waals surface area contributed by atoms with Crippen molar-refractivity contribution in [3.63, 3.8) is 0 Å². The maximum Gasteiger partial charge on any atom is 0.155 e. The molecule has 94 valence electrons. The van der Waals surface area contributed by atoms with Gasteiger partial charge in [-0.3, -0.25) is 0 Å². The second kappa shape index (κ2) is 5.36. The lowest BCUT2D eigenvalue weighted by Crippen LogP contribution is -2.17. The Kier molecular flexibility index (Phi) is 3.83. The van der Waals surface area contributed by atoms with Crippen molar-refractivity contribution in [2.45, 2.75) is 19.9 Å². The molecule has 3 N–H and O–H groups in total. The van der Waals surface area contributed by atoms with Gasteiger partial charge >= 0.3 is 0 Å². The lowest BCUT2D eigenvalue weighted by Gasteiger charge is -2.13. The van der Waals surface area contributed by atoms with Gasteiger partial charge in [-0.25, -0.2) is 15.0 Å². The summed E-state index contributed by atoms with van der Waals surface area (Å²) in [6, 6.07) is 0.0356. The molecule has 2 rings (SSSR count). The molecule has 2 heterocycles. The minimum Gasteiger partial charge on any atom is -0.388 e. The van der Waals surface area contributed by atoms with Crippen LogP contribution in [-0.2, 0) is 0 Å². The third kappa shape index (κ3) is 2.80. The number of thiazole rings is 1. The van der Waals surface area contributed by atoms with Crippen molar-refractivity contribution in [3.8, 4) is 0 Å². The van der Waals surface area contributed by atoms with Crippen molar-refractivity contribution in [1.29, 1.82) is 0 Å². The van der Waals surface area contributed by atoms with Gasteiger partial charge in [0, 0.05) is 23.5 Å². The second-order valence-corrected chi connectivity index (χ2v) is 5.50. The first-order valence-electron chi connectivity index (χ1n) is 5.37. The maximum atomic E-state index is 5.61. The molecule has 2 aromatic rings. The van der Waals surface area contributed by atoms with Crippen molar-refractivity contribution >= 4 is 34.4 Å². The van der Waals surface area contributed by atoms with Gasteiger partial charge in [-0.1, -0.05) is 12.2 Å². The van der Waals surface area contributed by atoms with Gasteiger partial charge in [-0.2, -0.15) is 0 Å². The van der Waals surface area contributed by atoms with E-state index >= 15 is 0 Å². The SMILES string of the molecule is Cc1cnc(C(C)Nc2nccnc2C(N)=S)s1. The molecule has 0 fully saturated rings. The zero-order valence-corrected chi connectivity index (χ0v) is 11.7. The summed E-state index contributed by atoms with van der Waals surface area (Å²) in [6.45, 7) is 4.03. The monoisotopic (exact) mass is 279 g/mol. The largest absolute Gasteiger partial charge is 0.388 e. The fourth-order valence-corrected chi connectivity index (χ4v) is 2.39. The highest BCUT2D eigenvalue weighted by molar-refractivity contribution is 7.80. The van der Waals surface area contributed by atoms with Gasteiger partial charge in [-0.05, 0) is 13.8 Å². The Morgan fingerprint density at radius 3 is 2.72 bits per heavy atom. The van der Waals surface area contributed by atoms with Crippen LogP contribution in [0.25, 0.3) is 0 Å². The van der Waals surface area contributed by atoms with Crippen LogP contribution in [0.1, 0.15) is 28.5 Å². The normalized spacial score (nSPS) is 12.1. The summed E-state index contributed by atoms with van der Waals surface area (Å²) >= 11 is 6.59. The van der Waals surface area contributed by atoms with E-state index in [1.165, 1.54) is 4.88 Å². The fourth-order valence-electron chi connectivity index (χ4n) is 1.46. The van der Waals surface area contributed by atoms with Gasteiger partial charge in [0.25, 0.3) is 0 Å². The lowest BCUT2D eigenvalue weighted by molar-refractivity contribution is 0.857. The van der Waals surface area contributed by atoms with E-state index in [2.05, 4.69) is 20.3 Å². The zero-order valence-electron chi connectivity index (χ0n) is 10.0. The molecule has 0 saturated carbocycles. The van der Waals surface area contributed by atoms with Gasteiger partial charge in [0.1, 0.15) is 15.7 Å². The first-order valence-corrected chi connectivity index (χ1v) is 6.60. The number of aryl methyl sites for hydroxylation is 1. The van der Waals surface area contributed by atoms with E-state index in [1.807, 2.05) is 20.0 Å². The Morgan fingerprint density at radius 1 is 1.39 bits per heavy atom. The van der Waals surface area contributed by atoms with Crippen molar-refractivity contribution in [1.82, 2.24) is 15.0 Å². The molecule has 1 atom stereocenters. The molecule has 0 spiro atoms. The fraction of sp³-hybridized carbons (Fsp3) is 0.273. The Hall–Kier alpha value is -1.60. The highest BCUT2D eigenvalue weighted by Gasteiger charge is 2.14. The van der Waals surface area contributed by atoms with Crippen LogP contribution >= 0.6 is 23.6 Å². The number of aromatic nitrogens is 3. The molecular formula is C11H13N5S2. The summed E-state index contributed by atoms with van der Waals surface area (Å²) in [6.07, 6.45) is 5.02. The molecule has 0 amide bonds. The average Bonchev–Trinajstić information content (AvgIpc) is 2.76. The van der Waals surface area contributed by atoms with Crippen molar-refractivity contribution in [3.05, 3.63) is 34.2 Å². The molecule has 0 aliphatic rings. The minimum atomic E-state index is 0.0356. The topological polar surface area (TPSA) is 76.7 Å². The standard InChI is InChI=1S/C11H13N5S2/c1-6-5-15-11(18-6)7(2)16-10-8(9(12)17)13-3-4-14-10/h3-5,7H,1-2H3,(H2,12,17)(H,14,16). The summed E-state index contributed by atoms with van der Waals surface area (Å²) in [5.41, 5.74) is 6.12. The van der Waals surface area contributed by atoms with Crippen molar-refractivity contribution < 1.29 is 0 Å². The van der Waals surface area contributed by atoms with Gasteiger partial charge in [0.15, 0.2) is 5.82 Å². The first-order chi connectivity index (χ1) is 8.58. The lowest BCUT2D eigenvalue weighted by atomic mass is 10.3. The molecule has 2 aromatic heterocycles. The second-order valence-electron chi connectivity index (χ2n) is 3.79. The van der Waals surface area contributed by atoms with Crippen LogP contribution in [0.15, 0.2) is 18.6 Å². The predicted molar refractivity (Wildman–Crippen MR) is 76.8 cm³/mol. The van der Waals surface area contributed by atoms with E-state index in [0.717, 1.165) is 5.01 Å². The van der Waals surface area contributed by atoms with Crippen LogP contribution in [0.4, 0.5) is 5.82 Å². The Balaban J connectivity index is 2.21. The van der Waals surface area contributed by atoms with E-state index in [9.17, 15) is 0 Å². The number of hydrogen-bond acceptors (Lipinski definition) is 6. The van der Waals surface area contributed by atoms with Crippen molar-refractivity contribution in [2.24, 2.45) is 5.73 Å². The number of hydrogen-bond donors (Lipinski definition) is 2. The van der Waals surface area contributed by atoms with Crippen LogP contribution < -0.4 is 11.1 Å². The van der Waals surface area contributed by atoms with Crippen LogP contribution in [-0.4, -0.2) is 19.9 Å². The van der Waals surface area contributed by atoms with Crippen LogP contribution in [0.2, 0.25) is 0 Å². The third-order valence-corrected chi connectivity index (χ3v) is 3.58. The molecule has 7 heteroatoms. The zero-order chi connectivity index (χ0) is 13.1. The van der Waals surface area contributed by atoms with E-state index < -0.39 is 0 Å². The smallest absolute Gasteiger partial charge is 0.155 e. The molecular weight excluding hydrogens is 266 g/mol. The Bertz CT molecular complexity index is 566. The van der Waals surface area contributed by atoms with Crippen LogP contribution in [0, 0.1) is 6.92 Å². The number of thiocarbonyl (C=S) groups is 1. The number of nitrogens with one attached hydrogen (secondary N) is 1. The summed E-state index contributed by atoms with van der Waals surface area (Å²) in [5.74, 6) is 0.588. The molecule has 0 aliphatic carbocycles. The van der Waals surface area contributed by atoms with Gasteiger partial charge < -0.3 is 11.1 Å². The number of anilines is 1. The molecule has 0 radical (unpaired) electrons. The molecule has 5 nitrogen and oxygen atoms in total. The number of nitrogens with zero attached hydrogens (tertiary/aromatic N) is 3. The summed E-state index contributed by atoms with van der Waals surface area (Å²) in [5, 5.41) is 4.22. The quantitative estimate of drug-likeness (QED) is 0.834. The van der Waals surface area contributed by atoms with Gasteiger partial charge in [0.05, 0.1) is 6.04 Å². The average molecular weight is 279 g/mol. The molecule has 0 bridgehead atoms. The van der Waals surface area contributed by atoms with Crippen LogP contribution in [0.5, 0.6) is 0 Å². The summed E-state index contributed by atoms with van der Waals surface area (Å²) in [7, 11) is 0. The van der Waals surface area contributed by atoms with E-state index in [-0.39, 0.29) is 11.0 Å². The summed E-state index contributed by atoms with van der Waals surface area (Å²) in [4.78, 5) is 14.1. The molecule has 1 unspecified atom stereocenters. The van der Waals surface area contributed by atoms with E-state index in [1.54, 1.807) is 23.7 Å². The van der Waals surface area contributed by atoms with Gasteiger partial charge in [0.2, 0.25) is 0 Å². The molecule has 0 saturated heterocycles. The third-order valence-electron chi connectivity index (χ3n) is 2.29. The summed E-state index contributed by atoms with van der Waals surface area (Å²) < 4.78 is 0. The molecule has 18 heavy (non-hydrogen) atoms. The Morgan fingerprint density at radius 2 is 2.11 bits per heavy atom. The van der Waals surface area contributed by atoms with E-state index in [4.69, 9.17) is 18.0 Å². The Labute approximate surface area is 114 Å². The maximum absolute atomic E-state index is 5.61. The van der Waals surface area contributed by atoms with Crippen LogP contribution in [0.3, 0.4) is 0 Å². The predicted octanol–water partition coefficient (Wildman–Crippen LogP) is 2.05. The molecule has 0 aliphatic heterocycles. The highest BCUT2D eigenvalue weighted by Crippen LogP contribution is 2.23. The van der Waals surface area contributed by atoms with Crippen molar-refractivity contribution in [2.75, 3.05) is 5.32 Å². The van der Waals surface area contributed by atoms with E-state index in [0.29, 0.717) is 11.5 Å². The number of rotatable bonds is 4. The van der Waals surface area contributed by atoms with Gasteiger partial charge in [-0.15, -0.1) is 11.3 Å². The molecule has 0 aromatic carbocycles. The minimum absolute atomic E-state index is 0.0356. The number of nitrogens with two attached hydrogens (primary N) is 1. The first kappa shape index (κ1) is 12.8. The highest BCUT2D eigenvalue weighted by atomic mass is 32.1.